The van der Waals surface area contributed by atoms with E-state index in [-0.39, 0.29) is 0 Å². The van der Waals surface area contributed by atoms with Crippen molar-refractivity contribution in [3.8, 4) is 0 Å². The van der Waals surface area contributed by atoms with Crippen LogP contribution in [0.2, 0.25) is 0 Å². The molecule has 0 amide bonds. The summed E-state index contributed by atoms with van der Waals surface area (Å²) in [5.74, 6) is -17.1. The van der Waals surface area contributed by atoms with Gasteiger partial charge in [0.15, 0.2) is 0 Å². The standard InChI is InChI=1S/C10H3F8IO4/c1-2(20)22-19(23-9(21)10(16,17)18)8-6(14)4(12)3(11)5(13)7(8)15/h1H3. The van der Waals surface area contributed by atoms with Gasteiger partial charge in [0, 0.05) is 0 Å². The molecule has 4 nitrogen and oxygen atoms in total. The van der Waals surface area contributed by atoms with Gasteiger partial charge in [0.05, 0.1) is 0 Å². The summed E-state index contributed by atoms with van der Waals surface area (Å²) < 4.78 is 108. The van der Waals surface area contributed by atoms with Crippen LogP contribution >= 0.6 is 20.6 Å². The molecule has 23 heavy (non-hydrogen) atoms. The Morgan fingerprint density at radius 2 is 1.22 bits per heavy atom. The van der Waals surface area contributed by atoms with Crippen molar-refractivity contribution < 1.29 is 50.8 Å². The van der Waals surface area contributed by atoms with Gasteiger partial charge in [-0.15, -0.1) is 0 Å². The van der Waals surface area contributed by atoms with Crippen LogP contribution in [0.1, 0.15) is 6.92 Å². The molecule has 0 aromatic heterocycles. The molecule has 13 heteroatoms. The third-order valence-corrected chi connectivity index (χ3v) is 5.51. The maximum absolute atomic E-state index is 13.5. The second-order valence-corrected chi connectivity index (χ2v) is 6.73. The first kappa shape index (κ1) is 19.4. The summed E-state index contributed by atoms with van der Waals surface area (Å²) in [6.45, 7) is 0.567. The van der Waals surface area contributed by atoms with Crippen LogP contribution < -0.4 is 0 Å². The Labute approximate surface area is 129 Å². The number of rotatable bonds is 3. The van der Waals surface area contributed by atoms with Crippen LogP contribution in [0, 0.1) is 32.7 Å². The Hall–Kier alpha value is -1.67. The van der Waals surface area contributed by atoms with Gasteiger partial charge in [0.1, 0.15) is 0 Å². The average molecular weight is 466 g/mol. The summed E-state index contributed by atoms with van der Waals surface area (Å²) in [7, 11) is 0. The fourth-order valence-electron chi connectivity index (χ4n) is 1.01. The summed E-state index contributed by atoms with van der Waals surface area (Å²) in [5.41, 5.74) is 0. The van der Waals surface area contributed by atoms with Crippen molar-refractivity contribution in [2.24, 2.45) is 0 Å². The predicted molar refractivity (Wildman–Crippen MR) is 62.9 cm³/mol. The number of carbonyl (C=O) groups excluding carboxylic acids is 2. The second kappa shape index (κ2) is 6.84. The van der Waals surface area contributed by atoms with Crippen LogP contribution in [0.25, 0.3) is 0 Å². The summed E-state index contributed by atoms with van der Waals surface area (Å²) in [6.07, 6.45) is -5.64. The molecule has 0 atom stereocenters. The molecule has 0 radical (unpaired) electrons. The minimum absolute atomic E-state index is 0.567. The zero-order chi connectivity index (χ0) is 18.1. The van der Waals surface area contributed by atoms with E-state index < -0.39 is 71.4 Å². The van der Waals surface area contributed by atoms with Crippen molar-refractivity contribution >= 4 is 32.6 Å². The molecule has 0 heterocycles. The van der Waals surface area contributed by atoms with E-state index >= 15 is 0 Å². The number of halogens is 9. The van der Waals surface area contributed by atoms with Crippen LogP contribution in [0.15, 0.2) is 0 Å². The van der Waals surface area contributed by atoms with Gasteiger partial charge in [-0.2, -0.15) is 0 Å². The normalized spacial score (nSPS) is 12.0. The Morgan fingerprint density at radius 3 is 1.57 bits per heavy atom. The van der Waals surface area contributed by atoms with E-state index in [4.69, 9.17) is 0 Å². The number of benzene rings is 1. The van der Waals surface area contributed by atoms with E-state index in [2.05, 4.69) is 6.13 Å². The number of alkyl halides is 3. The van der Waals surface area contributed by atoms with E-state index in [1.54, 1.807) is 0 Å². The molecule has 0 fully saturated rings. The third-order valence-electron chi connectivity index (χ3n) is 1.86. The molecule has 0 saturated heterocycles. The van der Waals surface area contributed by atoms with Gasteiger partial charge in [-0.05, 0) is 0 Å². The first-order valence-corrected chi connectivity index (χ1v) is 7.92. The van der Waals surface area contributed by atoms with Crippen LogP contribution in [-0.4, -0.2) is 18.1 Å². The molecular weight excluding hydrogens is 463 g/mol. The van der Waals surface area contributed by atoms with Crippen molar-refractivity contribution in [3.63, 3.8) is 0 Å². The van der Waals surface area contributed by atoms with Gasteiger partial charge >= 0.3 is 129 Å². The Kier molecular flexibility index (Phi) is 5.76. The summed E-state index contributed by atoms with van der Waals surface area (Å²) in [5, 5.41) is 0. The van der Waals surface area contributed by atoms with E-state index in [1.165, 1.54) is 0 Å². The molecule has 1 aromatic rings. The van der Waals surface area contributed by atoms with E-state index in [0.717, 1.165) is 0 Å². The number of carbonyl (C=O) groups is 2. The fourth-order valence-corrected chi connectivity index (χ4v) is 3.97. The van der Waals surface area contributed by atoms with Crippen molar-refractivity contribution in [2.75, 3.05) is 0 Å². The van der Waals surface area contributed by atoms with E-state index in [1.807, 2.05) is 0 Å². The predicted octanol–water partition coefficient (Wildman–Crippen LogP) is 3.56. The molecular formula is C10H3F8IO4. The number of hydrogen-bond acceptors (Lipinski definition) is 4. The van der Waals surface area contributed by atoms with Gasteiger partial charge in [-0.25, -0.2) is 0 Å². The topological polar surface area (TPSA) is 52.6 Å². The first-order chi connectivity index (χ1) is 10.4. The second-order valence-electron chi connectivity index (χ2n) is 3.53. The van der Waals surface area contributed by atoms with Crippen LogP contribution in [-0.2, 0) is 15.7 Å². The molecule has 0 spiro atoms. The minimum atomic E-state index is -5.64. The van der Waals surface area contributed by atoms with E-state index in [9.17, 15) is 44.7 Å². The fraction of sp³-hybridized carbons (Fsp3) is 0.200. The van der Waals surface area contributed by atoms with Gasteiger partial charge in [-0.1, -0.05) is 0 Å². The van der Waals surface area contributed by atoms with Crippen molar-refractivity contribution in [1.82, 2.24) is 0 Å². The molecule has 0 bridgehead atoms. The van der Waals surface area contributed by atoms with Crippen LogP contribution in [0.3, 0.4) is 0 Å². The molecule has 0 N–H and O–H groups in total. The molecule has 0 unspecified atom stereocenters. The summed E-state index contributed by atoms with van der Waals surface area (Å²) in [6, 6.07) is 0. The van der Waals surface area contributed by atoms with Crippen LogP contribution in [0.4, 0.5) is 35.1 Å². The number of hydrogen-bond donors (Lipinski definition) is 0. The van der Waals surface area contributed by atoms with Gasteiger partial charge in [-0.3, -0.25) is 0 Å². The average Bonchev–Trinajstić information content (AvgIpc) is 2.41. The maximum atomic E-state index is 13.5. The Bertz CT molecular complexity index is 630. The quantitative estimate of drug-likeness (QED) is 0.296. The zero-order valence-electron chi connectivity index (χ0n) is 10.5. The van der Waals surface area contributed by atoms with Crippen LogP contribution in [0.5, 0.6) is 0 Å². The van der Waals surface area contributed by atoms with E-state index in [0.29, 0.717) is 6.92 Å². The molecule has 130 valence electrons. The van der Waals surface area contributed by atoms with Crippen molar-refractivity contribution in [1.29, 1.82) is 0 Å². The Morgan fingerprint density at radius 1 is 0.826 bits per heavy atom. The molecule has 0 saturated carbocycles. The van der Waals surface area contributed by atoms with Crippen molar-refractivity contribution in [2.45, 2.75) is 13.1 Å². The van der Waals surface area contributed by atoms with Gasteiger partial charge < -0.3 is 0 Å². The van der Waals surface area contributed by atoms with Gasteiger partial charge in [0.25, 0.3) is 0 Å². The van der Waals surface area contributed by atoms with Crippen molar-refractivity contribution in [3.05, 3.63) is 32.7 Å². The summed E-state index contributed by atoms with van der Waals surface area (Å²) in [4.78, 5) is 21.4. The molecule has 1 aromatic carbocycles. The molecule has 1 rings (SSSR count). The van der Waals surface area contributed by atoms with Gasteiger partial charge in [0.2, 0.25) is 0 Å². The SMILES string of the molecule is CC(=O)OI(OC(=O)C(F)(F)F)c1c(F)c(F)c(F)c(F)c1F. The molecule has 0 aliphatic carbocycles. The monoisotopic (exact) mass is 466 g/mol. The first-order valence-electron chi connectivity index (χ1n) is 5.08. The third kappa shape index (κ3) is 4.20. The zero-order valence-corrected chi connectivity index (χ0v) is 12.7. The summed E-state index contributed by atoms with van der Waals surface area (Å²) >= 11 is -4.99. The molecule has 0 aliphatic rings. The Balaban J connectivity index is 3.45. The molecule has 0 aliphatic heterocycles.